The van der Waals surface area contributed by atoms with E-state index in [1.807, 2.05) is 0 Å². The number of nitrogens with zero attached hydrogens (tertiary/aromatic N) is 2. The van der Waals surface area contributed by atoms with Gasteiger partial charge >= 0.3 is 0 Å². The summed E-state index contributed by atoms with van der Waals surface area (Å²) in [6.45, 7) is 0.255. The number of carbonyl (C=O) groups is 1. The van der Waals surface area contributed by atoms with E-state index in [1.54, 1.807) is 0 Å². The average Bonchev–Trinajstić information content (AvgIpc) is 3.14. The number of amides is 1. The number of halogens is 2. The minimum atomic E-state index is -3.81. The van der Waals surface area contributed by atoms with Crippen LogP contribution >= 0.6 is 11.6 Å². The number of rotatable bonds is 5. The summed E-state index contributed by atoms with van der Waals surface area (Å²) in [6, 6.07) is 10.6. The molecule has 1 aliphatic rings. The molecule has 1 N–H and O–H groups in total. The molecule has 0 aromatic heterocycles. The van der Waals surface area contributed by atoms with Gasteiger partial charge in [-0.25, -0.2) is 18.2 Å². The van der Waals surface area contributed by atoms with E-state index in [-0.39, 0.29) is 17.3 Å². The van der Waals surface area contributed by atoms with Gasteiger partial charge in [-0.15, -0.1) is 0 Å². The lowest BCUT2D eigenvalue weighted by Gasteiger charge is -2.22. The molecule has 0 spiro atoms. The first-order chi connectivity index (χ1) is 12.9. The van der Waals surface area contributed by atoms with Crippen molar-refractivity contribution >= 4 is 33.7 Å². The molecule has 0 bridgehead atoms. The maximum Gasteiger partial charge on any atom is 0.258 e. The van der Waals surface area contributed by atoms with Gasteiger partial charge in [0, 0.05) is 11.6 Å². The summed E-state index contributed by atoms with van der Waals surface area (Å²) in [5.74, 6) is -0.881. The Morgan fingerprint density at radius 3 is 2.52 bits per heavy atom. The molecule has 2 aromatic rings. The van der Waals surface area contributed by atoms with Crippen molar-refractivity contribution in [2.45, 2.75) is 23.8 Å². The number of carbonyl (C=O) groups excluding carboxylic acids is 1. The Bertz CT molecular complexity index is 947. The normalized spacial score (nSPS) is 18.1. The Labute approximate surface area is 161 Å². The molecule has 1 heterocycles. The van der Waals surface area contributed by atoms with Crippen molar-refractivity contribution in [3.63, 3.8) is 0 Å². The predicted molar refractivity (Wildman–Crippen MR) is 101 cm³/mol. The third kappa shape index (κ3) is 4.52. The molecule has 1 amide bonds. The molecule has 9 heteroatoms. The number of hydrogen-bond acceptors (Lipinski definition) is 4. The van der Waals surface area contributed by atoms with Crippen molar-refractivity contribution in [2.75, 3.05) is 6.54 Å². The van der Waals surface area contributed by atoms with Crippen molar-refractivity contribution in [2.24, 2.45) is 5.10 Å². The van der Waals surface area contributed by atoms with E-state index in [0.717, 1.165) is 0 Å². The van der Waals surface area contributed by atoms with Gasteiger partial charge in [0.2, 0.25) is 10.0 Å². The maximum absolute atomic E-state index is 12.9. The summed E-state index contributed by atoms with van der Waals surface area (Å²) in [6.07, 6.45) is 2.35. The summed E-state index contributed by atoms with van der Waals surface area (Å²) in [4.78, 5) is 12.5. The first-order valence-corrected chi connectivity index (χ1v) is 10.1. The zero-order valence-corrected chi connectivity index (χ0v) is 15.8. The van der Waals surface area contributed by atoms with E-state index in [0.29, 0.717) is 23.4 Å². The van der Waals surface area contributed by atoms with Gasteiger partial charge in [-0.3, -0.25) is 4.79 Å². The molecule has 0 saturated carbocycles. The predicted octanol–water partition coefficient (Wildman–Crippen LogP) is 2.78. The fraction of sp³-hybridized carbons (Fsp3) is 0.222. The standard InChI is InChI=1S/C18H17ClFN3O3S/c19-14-5-9-16(10-6-14)27(25,26)23-11-1-2-17(23)18(24)22-21-12-13-3-7-15(20)8-4-13/h3-10,12,17H,1-2,11H2,(H,22,24). The monoisotopic (exact) mass is 409 g/mol. The Hall–Kier alpha value is -2.29. The zero-order chi connectivity index (χ0) is 19.4. The van der Waals surface area contributed by atoms with Gasteiger partial charge in [0.1, 0.15) is 11.9 Å². The molecular formula is C18H17ClFN3O3S. The molecule has 1 saturated heterocycles. The molecule has 6 nitrogen and oxygen atoms in total. The molecular weight excluding hydrogens is 393 g/mol. The molecule has 0 radical (unpaired) electrons. The molecule has 2 aromatic carbocycles. The van der Waals surface area contributed by atoms with Crippen LogP contribution in [0.1, 0.15) is 18.4 Å². The Kier molecular flexibility index (Phi) is 5.88. The number of hydrogen-bond donors (Lipinski definition) is 1. The highest BCUT2D eigenvalue weighted by Gasteiger charge is 2.39. The van der Waals surface area contributed by atoms with E-state index in [9.17, 15) is 17.6 Å². The molecule has 1 aliphatic heterocycles. The minimum Gasteiger partial charge on any atom is -0.271 e. The molecule has 0 aliphatic carbocycles. The summed E-state index contributed by atoms with van der Waals surface area (Å²) in [5.41, 5.74) is 2.97. The number of nitrogens with one attached hydrogen (secondary N) is 1. The van der Waals surface area contributed by atoms with Gasteiger partial charge < -0.3 is 0 Å². The number of sulfonamides is 1. The third-order valence-corrected chi connectivity index (χ3v) is 6.36. The van der Waals surface area contributed by atoms with E-state index in [2.05, 4.69) is 10.5 Å². The second kappa shape index (κ2) is 8.16. The van der Waals surface area contributed by atoms with Crippen molar-refractivity contribution in [1.82, 2.24) is 9.73 Å². The van der Waals surface area contributed by atoms with Crippen LogP contribution in [0.5, 0.6) is 0 Å². The van der Waals surface area contributed by atoms with Gasteiger partial charge in [-0.2, -0.15) is 9.41 Å². The molecule has 1 unspecified atom stereocenters. The first-order valence-electron chi connectivity index (χ1n) is 8.24. The smallest absolute Gasteiger partial charge is 0.258 e. The summed E-state index contributed by atoms with van der Waals surface area (Å²) >= 11 is 5.81. The third-order valence-electron chi connectivity index (χ3n) is 4.18. The molecule has 1 fully saturated rings. The number of hydrazone groups is 1. The van der Waals surface area contributed by atoms with Crippen LogP contribution in [-0.4, -0.2) is 37.4 Å². The van der Waals surface area contributed by atoms with E-state index in [4.69, 9.17) is 11.6 Å². The summed E-state index contributed by atoms with van der Waals surface area (Å²) < 4.78 is 39.7. The highest BCUT2D eigenvalue weighted by Crippen LogP contribution is 2.27. The SMILES string of the molecule is O=C(NN=Cc1ccc(F)cc1)C1CCCN1S(=O)(=O)c1ccc(Cl)cc1. The Morgan fingerprint density at radius 1 is 1.19 bits per heavy atom. The Morgan fingerprint density at radius 2 is 1.85 bits per heavy atom. The van der Waals surface area contributed by atoms with Crippen molar-refractivity contribution in [1.29, 1.82) is 0 Å². The van der Waals surface area contributed by atoms with Gasteiger partial charge in [-0.05, 0) is 54.8 Å². The largest absolute Gasteiger partial charge is 0.271 e. The summed E-state index contributed by atoms with van der Waals surface area (Å²) in [5, 5.41) is 4.26. The molecule has 1 atom stereocenters. The number of benzene rings is 2. The van der Waals surface area contributed by atoms with E-state index >= 15 is 0 Å². The fourth-order valence-electron chi connectivity index (χ4n) is 2.83. The fourth-order valence-corrected chi connectivity index (χ4v) is 4.61. The molecule has 142 valence electrons. The topological polar surface area (TPSA) is 78.8 Å². The van der Waals surface area contributed by atoms with Crippen LogP contribution in [0.3, 0.4) is 0 Å². The van der Waals surface area contributed by atoms with Crippen LogP contribution in [0, 0.1) is 5.82 Å². The van der Waals surface area contributed by atoms with Crippen molar-refractivity contribution < 1.29 is 17.6 Å². The molecule has 27 heavy (non-hydrogen) atoms. The highest BCUT2D eigenvalue weighted by atomic mass is 35.5. The van der Waals surface area contributed by atoms with Gasteiger partial charge in [-0.1, -0.05) is 23.7 Å². The van der Waals surface area contributed by atoms with Crippen LogP contribution in [0.4, 0.5) is 4.39 Å². The minimum absolute atomic E-state index is 0.0846. The molecule has 3 rings (SSSR count). The van der Waals surface area contributed by atoms with Gasteiger partial charge in [0.25, 0.3) is 5.91 Å². The van der Waals surface area contributed by atoms with Crippen LogP contribution in [-0.2, 0) is 14.8 Å². The maximum atomic E-state index is 12.9. The Balaban J connectivity index is 1.70. The van der Waals surface area contributed by atoms with Crippen LogP contribution in [0.2, 0.25) is 5.02 Å². The average molecular weight is 410 g/mol. The van der Waals surface area contributed by atoms with Gasteiger partial charge in [0.15, 0.2) is 0 Å². The quantitative estimate of drug-likeness (QED) is 0.609. The zero-order valence-electron chi connectivity index (χ0n) is 14.2. The first kappa shape index (κ1) is 19.5. The van der Waals surface area contributed by atoms with Crippen molar-refractivity contribution in [3.8, 4) is 0 Å². The van der Waals surface area contributed by atoms with Gasteiger partial charge in [0.05, 0.1) is 11.1 Å². The lowest BCUT2D eigenvalue weighted by atomic mass is 10.2. The van der Waals surface area contributed by atoms with Crippen LogP contribution in [0.25, 0.3) is 0 Å². The lowest BCUT2D eigenvalue weighted by molar-refractivity contribution is -0.124. The lowest BCUT2D eigenvalue weighted by Crippen LogP contribution is -2.44. The van der Waals surface area contributed by atoms with Crippen LogP contribution < -0.4 is 5.43 Å². The van der Waals surface area contributed by atoms with Crippen LogP contribution in [0.15, 0.2) is 58.5 Å². The highest BCUT2D eigenvalue weighted by molar-refractivity contribution is 7.89. The van der Waals surface area contributed by atoms with E-state index < -0.39 is 22.0 Å². The van der Waals surface area contributed by atoms with E-state index in [1.165, 1.54) is 59.1 Å². The van der Waals surface area contributed by atoms with Crippen molar-refractivity contribution in [3.05, 3.63) is 64.9 Å². The second-order valence-electron chi connectivity index (χ2n) is 6.01. The summed E-state index contributed by atoms with van der Waals surface area (Å²) in [7, 11) is -3.81. The second-order valence-corrected chi connectivity index (χ2v) is 8.34.